The molecule has 40 heavy (non-hydrogen) atoms. The predicted molar refractivity (Wildman–Crippen MR) is 146 cm³/mol. The summed E-state index contributed by atoms with van der Waals surface area (Å²) in [5, 5.41) is 0. The number of pyridine rings is 1. The van der Waals surface area contributed by atoms with Gasteiger partial charge in [-0.2, -0.15) is 0 Å². The Hall–Kier alpha value is -4.10. The molecule has 10 heteroatoms. The third-order valence-electron chi connectivity index (χ3n) is 6.84. The number of benzene rings is 1. The summed E-state index contributed by atoms with van der Waals surface area (Å²) >= 11 is 0. The van der Waals surface area contributed by atoms with E-state index in [2.05, 4.69) is 10.9 Å². The largest absolute Gasteiger partial charge is 0.492 e. The van der Waals surface area contributed by atoms with Crippen molar-refractivity contribution in [3.8, 4) is 29.2 Å². The molecule has 10 nitrogen and oxygen atoms in total. The fourth-order valence-electron chi connectivity index (χ4n) is 4.89. The highest BCUT2D eigenvalue weighted by molar-refractivity contribution is 6.06. The van der Waals surface area contributed by atoms with E-state index < -0.39 is 34.3 Å². The lowest BCUT2D eigenvalue weighted by Crippen LogP contribution is -2.63. The van der Waals surface area contributed by atoms with E-state index in [4.69, 9.17) is 35.1 Å². The Morgan fingerprint density at radius 3 is 2.17 bits per heavy atom. The van der Waals surface area contributed by atoms with Crippen LogP contribution < -0.4 is 4.74 Å². The number of terminal acetylenes is 1. The van der Waals surface area contributed by atoms with E-state index in [1.54, 1.807) is 53.9 Å². The molecular formula is C30H33N3O7. The van der Waals surface area contributed by atoms with E-state index in [9.17, 15) is 9.59 Å². The molecule has 0 N–H and O–H groups in total. The Balaban J connectivity index is 1.62. The smallest absolute Gasteiger partial charge is 0.428 e. The number of carbonyl (C=O) groups excluding carboxylic acids is 2. The number of amidine groups is 1. The number of hydrogen-bond donors (Lipinski definition) is 0. The van der Waals surface area contributed by atoms with Crippen molar-refractivity contribution in [3.63, 3.8) is 0 Å². The number of rotatable bonds is 1. The Labute approximate surface area is 233 Å². The standard InChI is InChI=1S/C30H33N3O7/c1-8-19-11-21(14-31-13-19)20-9-10-23-22(12-20)30(29(17-37-23)15-36-16-29)18-38-24(32-30)33(25(34)39-27(2,3)4)26(35)40-28(5,6)7/h1,9-14H,15-18H2,2-7H3. The topological polar surface area (TPSA) is 109 Å². The van der Waals surface area contributed by atoms with Crippen LogP contribution in [-0.2, 0) is 24.5 Å². The number of amides is 2. The molecule has 5 rings (SSSR count). The summed E-state index contributed by atoms with van der Waals surface area (Å²) in [6, 6.07) is 7.43. The van der Waals surface area contributed by atoms with Gasteiger partial charge in [0.2, 0.25) is 0 Å². The quantitative estimate of drug-likeness (QED) is 0.464. The van der Waals surface area contributed by atoms with Gasteiger partial charge in [-0.15, -0.1) is 11.3 Å². The van der Waals surface area contributed by atoms with Crippen molar-refractivity contribution >= 4 is 18.2 Å². The molecule has 2 aromatic rings. The zero-order valence-electron chi connectivity index (χ0n) is 23.6. The van der Waals surface area contributed by atoms with Gasteiger partial charge < -0.3 is 23.7 Å². The summed E-state index contributed by atoms with van der Waals surface area (Å²) in [4.78, 5) is 36.6. The van der Waals surface area contributed by atoms with Gasteiger partial charge >= 0.3 is 18.2 Å². The van der Waals surface area contributed by atoms with Crippen molar-refractivity contribution in [2.45, 2.75) is 58.3 Å². The molecule has 0 aliphatic carbocycles. The summed E-state index contributed by atoms with van der Waals surface area (Å²) in [5.74, 6) is 3.23. The molecule has 3 aliphatic heterocycles. The molecule has 1 atom stereocenters. The van der Waals surface area contributed by atoms with Gasteiger partial charge in [0, 0.05) is 29.1 Å². The molecule has 4 heterocycles. The van der Waals surface area contributed by atoms with E-state index >= 15 is 0 Å². The fraction of sp³-hybridized carbons (Fsp3) is 0.467. The third-order valence-corrected chi connectivity index (χ3v) is 6.84. The Kier molecular flexibility index (Phi) is 6.54. The van der Waals surface area contributed by atoms with Crippen LogP contribution in [0.4, 0.5) is 9.59 Å². The second kappa shape index (κ2) is 9.52. The second-order valence-electron chi connectivity index (χ2n) is 12.2. The highest BCUT2D eigenvalue weighted by Crippen LogP contribution is 2.56. The monoisotopic (exact) mass is 547 g/mol. The minimum absolute atomic E-state index is 0.0518. The third kappa shape index (κ3) is 4.86. The highest BCUT2D eigenvalue weighted by atomic mass is 16.6. The minimum Gasteiger partial charge on any atom is -0.492 e. The van der Waals surface area contributed by atoms with E-state index in [1.807, 2.05) is 24.3 Å². The molecule has 1 aromatic heterocycles. The van der Waals surface area contributed by atoms with Crippen LogP contribution in [0, 0.1) is 17.8 Å². The predicted octanol–water partition coefficient (Wildman–Crippen LogP) is 4.89. The van der Waals surface area contributed by atoms with Crippen LogP contribution in [0.1, 0.15) is 52.7 Å². The first-order valence-electron chi connectivity index (χ1n) is 13.0. The van der Waals surface area contributed by atoms with Crippen molar-refractivity contribution in [3.05, 3.63) is 47.8 Å². The molecular weight excluding hydrogens is 514 g/mol. The van der Waals surface area contributed by atoms with Gasteiger partial charge in [-0.05, 0) is 65.3 Å². The van der Waals surface area contributed by atoms with Crippen LogP contribution in [0.15, 0.2) is 41.7 Å². The Morgan fingerprint density at radius 2 is 1.60 bits per heavy atom. The lowest BCUT2D eigenvalue weighted by Gasteiger charge is -2.53. The zero-order chi connectivity index (χ0) is 28.9. The molecule has 210 valence electrons. The molecule has 0 bridgehead atoms. The van der Waals surface area contributed by atoms with E-state index in [-0.39, 0.29) is 12.6 Å². The number of carbonyl (C=O) groups is 2. The van der Waals surface area contributed by atoms with Gasteiger partial charge in [0.05, 0.1) is 18.6 Å². The van der Waals surface area contributed by atoms with Crippen LogP contribution in [0.3, 0.4) is 0 Å². The second-order valence-corrected chi connectivity index (χ2v) is 12.2. The van der Waals surface area contributed by atoms with Crippen LogP contribution in [0.25, 0.3) is 11.1 Å². The molecule has 3 aliphatic rings. The molecule has 0 radical (unpaired) electrons. The lowest BCUT2D eigenvalue weighted by atomic mass is 9.64. The fourth-order valence-corrected chi connectivity index (χ4v) is 4.89. The molecule has 1 saturated heterocycles. The molecule has 0 saturated carbocycles. The summed E-state index contributed by atoms with van der Waals surface area (Å²) < 4.78 is 29.0. The highest BCUT2D eigenvalue weighted by Gasteiger charge is 2.65. The SMILES string of the molecule is C#Cc1cncc(-c2ccc3c(c2)C2(COC(N(C(=O)OC(C)(C)C)C(=O)OC(C)(C)C)=N2)C2(COC2)CO3)c1. The van der Waals surface area contributed by atoms with Gasteiger partial charge in [0.1, 0.15) is 35.7 Å². The molecule has 2 amide bonds. The maximum absolute atomic E-state index is 13.3. The summed E-state index contributed by atoms with van der Waals surface area (Å²) in [6.45, 7) is 11.3. The zero-order valence-corrected chi connectivity index (χ0v) is 23.6. The van der Waals surface area contributed by atoms with Crippen molar-refractivity contribution < 1.29 is 33.3 Å². The van der Waals surface area contributed by atoms with Crippen molar-refractivity contribution in [2.24, 2.45) is 10.4 Å². The van der Waals surface area contributed by atoms with Crippen LogP contribution >= 0.6 is 0 Å². The summed E-state index contributed by atoms with van der Waals surface area (Å²) in [7, 11) is 0. The van der Waals surface area contributed by atoms with Crippen LogP contribution in [0.2, 0.25) is 0 Å². The number of aliphatic imine (C=N–C) groups is 1. The van der Waals surface area contributed by atoms with Gasteiger partial charge in [0.15, 0.2) is 0 Å². The minimum atomic E-state index is -1.01. The average molecular weight is 548 g/mol. The first kappa shape index (κ1) is 27.5. The summed E-state index contributed by atoms with van der Waals surface area (Å²) in [6.07, 6.45) is 7.05. The average Bonchev–Trinajstić information content (AvgIpc) is 3.26. The first-order valence-corrected chi connectivity index (χ1v) is 13.0. The molecule has 1 aromatic carbocycles. The maximum Gasteiger partial charge on any atom is 0.428 e. The van der Waals surface area contributed by atoms with Crippen LogP contribution in [0.5, 0.6) is 5.75 Å². The maximum atomic E-state index is 13.3. The van der Waals surface area contributed by atoms with Gasteiger partial charge in [-0.1, -0.05) is 12.0 Å². The van der Waals surface area contributed by atoms with Crippen molar-refractivity contribution in [1.29, 1.82) is 0 Å². The normalized spacial score (nSPS) is 20.8. The number of nitrogens with zero attached hydrogens (tertiary/aromatic N) is 3. The van der Waals surface area contributed by atoms with E-state index in [0.29, 0.717) is 31.1 Å². The molecule has 1 unspecified atom stereocenters. The Morgan fingerprint density at radius 1 is 0.925 bits per heavy atom. The van der Waals surface area contributed by atoms with Gasteiger partial charge in [-0.25, -0.2) is 14.6 Å². The molecule has 1 fully saturated rings. The number of fused-ring (bicyclic) bond motifs is 3. The van der Waals surface area contributed by atoms with Crippen molar-refractivity contribution in [1.82, 2.24) is 9.88 Å². The first-order chi connectivity index (χ1) is 18.8. The number of aromatic nitrogens is 1. The van der Waals surface area contributed by atoms with E-state index in [0.717, 1.165) is 21.6 Å². The number of ether oxygens (including phenoxy) is 5. The van der Waals surface area contributed by atoms with E-state index in [1.165, 1.54) is 0 Å². The lowest BCUT2D eigenvalue weighted by molar-refractivity contribution is -0.185. The van der Waals surface area contributed by atoms with Crippen molar-refractivity contribution in [2.75, 3.05) is 26.4 Å². The summed E-state index contributed by atoms with van der Waals surface area (Å²) in [5.41, 5.74) is -0.268. The number of imide groups is 1. The Bertz CT molecular complexity index is 1400. The van der Waals surface area contributed by atoms with Crippen LogP contribution in [-0.4, -0.2) is 65.7 Å². The molecule has 2 spiro atoms. The van der Waals surface area contributed by atoms with Gasteiger partial charge in [-0.3, -0.25) is 4.98 Å². The van der Waals surface area contributed by atoms with Gasteiger partial charge in [0.25, 0.3) is 0 Å². The number of hydrogen-bond acceptors (Lipinski definition) is 9.